The zero-order valence-electron chi connectivity index (χ0n) is 10.9. The highest BCUT2D eigenvalue weighted by Crippen LogP contribution is 2.19. The maximum absolute atomic E-state index is 5.99. The van der Waals surface area contributed by atoms with Crippen LogP contribution in [0.15, 0.2) is 12.4 Å². The first-order valence-electron chi connectivity index (χ1n) is 6.62. The van der Waals surface area contributed by atoms with E-state index in [4.69, 9.17) is 11.6 Å². The highest BCUT2D eigenvalue weighted by atomic mass is 35.5. The highest BCUT2D eigenvalue weighted by molar-refractivity contribution is 6.29. The zero-order valence-corrected chi connectivity index (χ0v) is 11.6. The van der Waals surface area contributed by atoms with Gasteiger partial charge >= 0.3 is 0 Å². The molecule has 3 rings (SSSR count). The number of likely N-dealkylation sites (tertiary alicyclic amines) is 1. The second-order valence-corrected chi connectivity index (χ2v) is 5.13. The molecule has 1 saturated heterocycles. The number of anilines is 1. The average molecular weight is 281 g/mol. The summed E-state index contributed by atoms with van der Waals surface area (Å²) in [5.74, 6) is 1.37. The van der Waals surface area contributed by atoms with E-state index in [1.54, 1.807) is 10.6 Å². The molecule has 0 saturated carbocycles. The second-order valence-electron chi connectivity index (χ2n) is 4.74. The molecule has 0 spiro atoms. The largest absolute Gasteiger partial charge is 0.368 e. The maximum Gasteiger partial charge on any atom is 0.255 e. The Balaban J connectivity index is 1.76. The van der Waals surface area contributed by atoms with Crippen LogP contribution in [0.4, 0.5) is 5.82 Å². The molecular formula is C12H17ClN6. The highest BCUT2D eigenvalue weighted by Gasteiger charge is 2.22. The third-order valence-electron chi connectivity index (χ3n) is 3.64. The van der Waals surface area contributed by atoms with Crippen molar-refractivity contribution in [3.8, 4) is 0 Å². The lowest BCUT2D eigenvalue weighted by molar-refractivity contribution is 0.277. The van der Waals surface area contributed by atoms with Gasteiger partial charge in [0.2, 0.25) is 0 Å². The van der Waals surface area contributed by atoms with Crippen LogP contribution < -0.4 is 5.32 Å². The Morgan fingerprint density at radius 3 is 3.26 bits per heavy atom. The molecule has 0 bridgehead atoms. The van der Waals surface area contributed by atoms with E-state index in [9.17, 15) is 0 Å². The Labute approximate surface area is 116 Å². The molecular weight excluding hydrogens is 264 g/mol. The fourth-order valence-electron chi connectivity index (χ4n) is 2.67. The number of fused-ring (bicyclic) bond motifs is 1. The van der Waals surface area contributed by atoms with Crippen molar-refractivity contribution >= 4 is 23.2 Å². The minimum Gasteiger partial charge on any atom is -0.368 e. The molecule has 102 valence electrons. The molecule has 0 amide bonds. The number of hydrogen-bond acceptors (Lipinski definition) is 5. The van der Waals surface area contributed by atoms with Crippen molar-refractivity contribution in [3.63, 3.8) is 0 Å². The van der Waals surface area contributed by atoms with Gasteiger partial charge in [0.1, 0.15) is 17.3 Å². The van der Waals surface area contributed by atoms with Crippen LogP contribution in [0.2, 0.25) is 5.15 Å². The van der Waals surface area contributed by atoms with Gasteiger partial charge in [-0.2, -0.15) is 19.6 Å². The quantitative estimate of drug-likeness (QED) is 0.864. The van der Waals surface area contributed by atoms with Gasteiger partial charge in [-0.25, -0.2) is 0 Å². The van der Waals surface area contributed by atoms with Gasteiger partial charge in [0.05, 0.1) is 0 Å². The molecule has 1 unspecified atom stereocenters. The van der Waals surface area contributed by atoms with Crippen LogP contribution in [0, 0.1) is 0 Å². The smallest absolute Gasteiger partial charge is 0.255 e. The van der Waals surface area contributed by atoms with Gasteiger partial charge in [0.15, 0.2) is 0 Å². The molecule has 2 aromatic heterocycles. The molecule has 1 aliphatic rings. The number of halogens is 1. The van der Waals surface area contributed by atoms with Crippen molar-refractivity contribution in [2.45, 2.75) is 25.8 Å². The molecule has 19 heavy (non-hydrogen) atoms. The van der Waals surface area contributed by atoms with Crippen LogP contribution in [-0.2, 0) is 0 Å². The number of aromatic nitrogens is 4. The van der Waals surface area contributed by atoms with E-state index in [2.05, 4.69) is 32.2 Å². The van der Waals surface area contributed by atoms with E-state index in [-0.39, 0.29) is 0 Å². The van der Waals surface area contributed by atoms with E-state index >= 15 is 0 Å². The normalized spacial score (nSPS) is 20.2. The summed E-state index contributed by atoms with van der Waals surface area (Å²) in [6, 6.07) is 2.37. The van der Waals surface area contributed by atoms with Gasteiger partial charge < -0.3 is 5.32 Å². The van der Waals surface area contributed by atoms with Gasteiger partial charge in [0.25, 0.3) is 5.78 Å². The molecule has 1 aliphatic heterocycles. The summed E-state index contributed by atoms with van der Waals surface area (Å²) < 4.78 is 1.68. The fourth-order valence-corrected chi connectivity index (χ4v) is 2.85. The van der Waals surface area contributed by atoms with E-state index in [0.717, 1.165) is 18.9 Å². The first-order valence-corrected chi connectivity index (χ1v) is 7.00. The number of nitrogens with one attached hydrogen (secondary N) is 1. The number of hydrogen-bond donors (Lipinski definition) is 1. The number of likely N-dealkylation sites (N-methyl/N-ethyl adjacent to an activating group) is 1. The van der Waals surface area contributed by atoms with Crippen LogP contribution in [0.25, 0.3) is 5.78 Å². The lowest BCUT2D eigenvalue weighted by atomic mass is 10.2. The standard InChI is InChI=1S/C12H17ClN6/c1-2-18-5-3-4-9(18)7-14-11-6-10(13)17-12-15-8-16-19(11)12/h6,8-9,14H,2-5,7H2,1H3. The predicted octanol–water partition coefficient (Wildman–Crippen LogP) is 1.67. The average Bonchev–Trinajstić information content (AvgIpc) is 3.03. The minimum absolute atomic E-state index is 0.432. The summed E-state index contributed by atoms with van der Waals surface area (Å²) in [5.41, 5.74) is 0. The van der Waals surface area contributed by atoms with Gasteiger partial charge in [-0.05, 0) is 25.9 Å². The van der Waals surface area contributed by atoms with Gasteiger partial charge in [-0.15, -0.1) is 0 Å². The summed E-state index contributed by atoms with van der Waals surface area (Å²) in [5, 5.41) is 8.00. The number of rotatable bonds is 4. The summed E-state index contributed by atoms with van der Waals surface area (Å²) in [6.07, 6.45) is 3.99. The fraction of sp³-hybridized carbons (Fsp3) is 0.583. The van der Waals surface area contributed by atoms with E-state index < -0.39 is 0 Å². The monoisotopic (exact) mass is 280 g/mol. The minimum atomic E-state index is 0.432. The Morgan fingerprint density at radius 1 is 1.53 bits per heavy atom. The SMILES string of the molecule is CCN1CCCC1CNc1cc(Cl)nc2ncnn12. The van der Waals surface area contributed by atoms with Crippen LogP contribution in [0.5, 0.6) is 0 Å². The Morgan fingerprint density at radius 2 is 2.42 bits per heavy atom. The van der Waals surface area contributed by atoms with Gasteiger partial charge in [-0.1, -0.05) is 18.5 Å². The molecule has 0 aromatic carbocycles. The first kappa shape index (κ1) is 12.6. The Kier molecular flexibility index (Phi) is 3.52. The molecule has 0 aliphatic carbocycles. The first-order chi connectivity index (χ1) is 9.28. The summed E-state index contributed by atoms with van der Waals surface area (Å²) >= 11 is 5.99. The molecule has 2 aromatic rings. The Bertz CT molecular complexity index is 568. The molecule has 3 heterocycles. The Hall–Kier alpha value is -1.40. The summed E-state index contributed by atoms with van der Waals surface area (Å²) in [4.78, 5) is 10.7. The summed E-state index contributed by atoms with van der Waals surface area (Å²) in [7, 11) is 0. The molecule has 1 atom stereocenters. The third-order valence-corrected chi connectivity index (χ3v) is 3.84. The van der Waals surface area contributed by atoms with Gasteiger partial charge in [-0.3, -0.25) is 4.90 Å². The second kappa shape index (κ2) is 5.30. The predicted molar refractivity (Wildman–Crippen MR) is 74.6 cm³/mol. The number of nitrogens with zero attached hydrogens (tertiary/aromatic N) is 5. The molecule has 0 radical (unpaired) electrons. The van der Waals surface area contributed by atoms with E-state index in [1.165, 1.54) is 25.7 Å². The van der Waals surface area contributed by atoms with E-state index in [1.807, 2.05) is 0 Å². The van der Waals surface area contributed by atoms with Crippen molar-refractivity contribution in [3.05, 3.63) is 17.5 Å². The van der Waals surface area contributed by atoms with Crippen LogP contribution in [-0.4, -0.2) is 50.2 Å². The third kappa shape index (κ3) is 2.50. The lowest BCUT2D eigenvalue weighted by Crippen LogP contribution is -2.35. The molecule has 6 nitrogen and oxygen atoms in total. The van der Waals surface area contributed by atoms with E-state index in [0.29, 0.717) is 17.0 Å². The topological polar surface area (TPSA) is 58.3 Å². The van der Waals surface area contributed by atoms with Crippen LogP contribution >= 0.6 is 11.6 Å². The molecule has 1 N–H and O–H groups in total. The van der Waals surface area contributed by atoms with Crippen molar-refractivity contribution in [2.75, 3.05) is 25.0 Å². The van der Waals surface area contributed by atoms with Crippen molar-refractivity contribution in [2.24, 2.45) is 0 Å². The molecule has 1 fully saturated rings. The van der Waals surface area contributed by atoms with Crippen molar-refractivity contribution < 1.29 is 0 Å². The zero-order chi connectivity index (χ0) is 13.2. The lowest BCUT2D eigenvalue weighted by Gasteiger charge is -2.23. The van der Waals surface area contributed by atoms with Gasteiger partial charge in [0, 0.05) is 18.7 Å². The van der Waals surface area contributed by atoms with Crippen molar-refractivity contribution in [1.82, 2.24) is 24.5 Å². The van der Waals surface area contributed by atoms with Crippen LogP contribution in [0.1, 0.15) is 19.8 Å². The maximum atomic E-state index is 5.99. The summed E-state index contributed by atoms with van der Waals surface area (Å²) in [6.45, 7) is 5.39. The molecule has 7 heteroatoms. The van der Waals surface area contributed by atoms with Crippen LogP contribution in [0.3, 0.4) is 0 Å². The van der Waals surface area contributed by atoms with Crippen molar-refractivity contribution in [1.29, 1.82) is 0 Å².